The van der Waals surface area contributed by atoms with E-state index in [1.165, 1.54) is 11.1 Å². The zero-order valence-electron chi connectivity index (χ0n) is 8.99. The summed E-state index contributed by atoms with van der Waals surface area (Å²) in [5.41, 5.74) is 8.18. The summed E-state index contributed by atoms with van der Waals surface area (Å²) in [6, 6.07) is 8.41. The predicted molar refractivity (Wildman–Crippen MR) is 60.2 cm³/mol. The topological polar surface area (TPSA) is 41.6 Å². The fourth-order valence-electron chi connectivity index (χ4n) is 1.22. The van der Waals surface area contributed by atoms with Crippen LogP contribution in [0.1, 0.15) is 11.1 Å². The third kappa shape index (κ3) is 2.76. The maximum Gasteiger partial charge on any atom is 0.191 e. The second-order valence-electron chi connectivity index (χ2n) is 3.42. The van der Waals surface area contributed by atoms with Crippen molar-refractivity contribution in [3.8, 4) is 0 Å². The lowest BCUT2D eigenvalue weighted by molar-refractivity contribution is 0.494. The van der Waals surface area contributed by atoms with Gasteiger partial charge in [0.05, 0.1) is 0 Å². The van der Waals surface area contributed by atoms with Crippen LogP contribution in [0.25, 0.3) is 0 Å². The molecule has 0 atom stereocenters. The van der Waals surface area contributed by atoms with Crippen LogP contribution in [0.3, 0.4) is 0 Å². The second kappa shape index (κ2) is 4.65. The standard InChI is InChI=1S/C11H17N3/c1-9-4-6-10(7-5-9)8-14(3)11(12)13-2/h4-7H,8H2,1-3H3,(H2,12,13). The van der Waals surface area contributed by atoms with Crippen molar-refractivity contribution in [2.24, 2.45) is 10.7 Å². The molecule has 0 aliphatic rings. The third-order valence-corrected chi connectivity index (χ3v) is 2.16. The fraction of sp³-hybridized carbons (Fsp3) is 0.364. The van der Waals surface area contributed by atoms with Crippen LogP contribution in [0.15, 0.2) is 29.3 Å². The number of nitrogens with zero attached hydrogens (tertiary/aromatic N) is 2. The van der Waals surface area contributed by atoms with Gasteiger partial charge >= 0.3 is 0 Å². The first-order chi connectivity index (χ1) is 6.63. The van der Waals surface area contributed by atoms with Gasteiger partial charge in [-0.2, -0.15) is 0 Å². The van der Waals surface area contributed by atoms with Gasteiger partial charge in [-0.05, 0) is 12.5 Å². The second-order valence-corrected chi connectivity index (χ2v) is 3.42. The van der Waals surface area contributed by atoms with Crippen LogP contribution in [-0.2, 0) is 6.54 Å². The van der Waals surface area contributed by atoms with Crippen molar-refractivity contribution in [3.63, 3.8) is 0 Å². The van der Waals surface area contributed by atoms with Gasteiger partial charge < -0.3 is 10.6 Å². The third-order valence-electron chi connectivity index (χ3n) is 2.16. The van der Waals surface area contributed by atoms with E-state index in [-0.39, 0.29) is 0 Å². The molecule has 76 valence electrons. The number of aliphatic imine (C=N–C) groups is 1. The number of guanidine groups is 1. The average Bonchev–Trinajstić information content (AvgIpc) is 2.20. The Morgan fingerprint density at radius 2 is 1.93 bits per heavy atom. The molecule has 0 saturated carbocycles. The molecule has 3 nitrogen and oxygen atoms in total. The molecule has 0 aliphatic carbocycles. The largest absolute Gasteiger partial charge is 0.370 e. The molecule has 0 heterocycles. The lowest BCUT2D eigenvalue weighted by Gasteiger charge is -2.17. The smallest absolute Gasteiger partial charge is 0.191 e. The van der Waals surface area contributed by atoms with Crippen molar-refractivity contribution in [1.82, 2.24) is 4.90 Å². The average molecular weight is 191 g/mol. The van der Waals surface area contributed by atoms with Crippen LogP contribution in [0, 0.1) is 6.92 Å². The number of hydrogen-bond acceptors (Lipinski definition) is 1. The Morgan fingerprint density at radius 1 is 1.36 bits per heavy atom. The summed E-state index contributed by atoms with van der Waals surface area (Å²) in [5, 5.41) is 0. The molecule has 0 radical (unpaired) electrons. The summed E-state index contributed by atoms with van der Waals surface area (Å²) < 4.78 is 0. The highest BCUT2D eigenvalue weighted by atomic mass is 15.2. The van der Waals surface area contributed by atoms with Crippen molar-refractivity contribution in [1.29, 1.82) is 0 Å². The van der Waals surface area contributed by atoms with Crippen molar-refractivity contribution in [3.05, 3.63) is 35.4 Å². The van der Waals surface area contributed by atoms with E-state index in [1.807, 2.05) is 11.9 Å². The summed E-state index contributed by atoms with van der Waals surface area (Å²) >= 11 is 0. The lowest BCUT2D eigenvalue weighted by Crippen LogP contribution is -2.33. The SMILES string of the molecule is CN=C(N)N(C)Cc1ccc(C)cc1. The lowest BCUT2D eigenvalue weighted by atomic mass is 10.1. The van der Waals surface area contributed by atoms with Crippen molar-refractivity contribution < 1.29 is 0 Å². The Morgan fingerprint density at radius 3 is 2.43 bits per heavy atom. The molecule has 0 spiro atoms. The van der Waals surface area contributed by atoms with Gasteiger partial charge in [0.25, 0.3) is 0 Å². The first-order valence-corrected chi connectivity index (χ1v) is 4.62. The molecule has 0 saturated heterocycles. The van der Waals surface area contributed by atoms with E-state index in [0.29, 0.717) is 5.96 Å². The zero-order chi connectivity index (χ0) is 10.6. The highest BCUT2D eigenvalue weighted by Crippen LogP contribution is 2.05. The van der Waals surface area contributed by atoms with Crippen LogP contribution >= 0.6 is 0 Å². The summed E-state index contributed by atoms with van der Waals surface area (Å²) in [4.78, 5) is 5.84. The van der Waals surface area contributed by atoms with E-state index in [2.05, 4.69) is 36.2 Å². The molecule has 0 aromatic heterocycles. The maximum atomic E-state index is 5.67. The van der Waals surface area contributed by atoms with Gasteiger partial charge in [-0.1, -0.05) is 29.8 Å². The van der Waals surface area contributed by atoms with E-state index in [4.69, 9.17) is 5.73 Å². The van der Waals surface area contributed by atoms with Gasteiger partial charge in [0.1, 0.15) is 0 Å². The van der Waals surface area contributed by atoms with Gasteiger partial charge in [-0.3, -0.25) is 4.99 Å². The van der Waals surface area contributed by atoms with E-state index in [0.717, 1.165) is 6.54 Å². The number of benzene rings is 1. The molecule has 0 aliphatic heterocycles. The molecular weight excluding hydrogens is 174 g/mol. The van der Waals surface area contributed by atoms with Crippen LogP contribution in [0.4, 0.5) is 0 Å². The minimum Gasteiger partial charge on any atom is -0.370 e. The maximum absolute atomic E-state index is 5.67. The number of aryl methyl sites for hydroxylation is 1. The summed E-state index contributed by atoms with van der Waals surface area (Å²) in [6.45, 7) is 2.87. The molecule has 1 aromatic carbocycles. The van der Waals surface area contributed by atoms with Crippen LogP contribution in [0.2, 0.25) is 0 Å². The minimum absolute atomic E-state index is 0.561. The van der Waals surface area contributed by atoms with E-state index in [1.54, 1.807) is 7.05 Å². The van der Waals surface area contributed by atoms with E-state index >= 15 is 0 Å². The van der Waals surface area contributed by atoms with Crippen LogP contribution < -0.4 is 5.73 Å². The van der Waals surface area contributed by atoms with Crippen molar-refractivity contribution >= 4 is 5.96 Å². The van der Waals surface area contributed by atoms with Crippen molar-refractivity contribution in [2.75, 3.05) is 14.1 Å². The monoisotopic (exact) mass is 191 g/mol. The number of hydrogen-bond donors (Lipinski definition) is 1. The Hall–Kier alpha value is -1.51. The predicted octanol–water partition coefficient (Wildman–Crippen LogP) is 1.37. The van der Waals surface area contributed by atoms with E-state index < -0.39 is 0 Å². The van der Waals surface area contributed by atoms with Crippen LogP contribution in [0.5, 0.6) is 0 Å². The Labute approximate surface area is 85.3 Å². The zero-order valence-corrected chi connectivity index (χ0v) is 8.99. The summed E-state index contributed by atoms with van der Waals surface area (Å²) in [5.74, 6) is 0.561. The van der Waals surface area contributed by atoms with Gasteiger partial charge in [-0.15, -0.1) is 0 Å². The fourth-order valence-corrected chi connectivity index (χ4v) is 1.22. The van der Waals surface area contributed by atoms with Crippen molar-refractivity contribution in [2.45, 2.75) is 13.5 Å². The van der Waals surface area contributed by atoms with Gasteiger partial charge in [-0.25, -0.2) is 0 Å². The van der Waals surface area contributed by atoms with E-state index in [9.17, 15) is 0 Å². The summed E-state index contributed by atoms with van der Waals surface area (Å²) in [6.07, 6.45) is 0. The highest BCUT2D eigenvalue weighted by Gasteiger charge is 2.01. The minimum atomic E-state index is 0.561. The molecule has 3 heteroatoms. The quantitative estimate of drug-likeness (QED) is 0.566. The Balaban J connectivity index is 2.65. The Kier molecular flexibility index (Phi) is 3.51. The molecule has 0 fully saturated rings. The normalized spacial score (nSPS) is 11.5. The molecule has 1 aromatic rings. The Bertz CT molecular complexity index is 314. The molecule has 1 rings (SSSR count). The summed E-state index contributed by atoms with van der Waals surface area (Å²) in [7, 11) is 3.63. The first-order valence-electron chi connectivity index (χ1n) is 4.62. The number of nitrogens with two attached hydrogens (primary N) is 1. The highest BCUT2D eigenvalue weighted by molar-refractivity contribution is 5.77. The van der Waals surface area contributed by atoms with Crippen LogP contribution in [-0.4, -0.2) is 25.0 Å². The molecule has 0 unspecified atom stereocenters. The number of rotatable bonds is 2. The molecule has 14 heavy (non-hydrogen) atoms. The molecule has 0 amide bonds. The van der Waals surface area contributed by atoms with Gasteiger partial charge in [0.2, 0.25) is 0 Å². The first kappa shape index (κ1) is 10.6. The van der Waals surface area contributed by atoms with Gasteiger partial charge in [0, 0.05) is 20.6 Å². The van der Waals surface area contributed by atoms with Gasteiger partial charge in [0.15, 0.2) is 5.96 Å². The molecule has 0 bridgehead atoms. The molecule has 2 N–H and O–H groups in total. The molecular formula is C11H17N3.